The van der Waals surface area contributed by atoms with E-state index in [4.69, 9.17) is 29.7 Å². The summed E-state index contributed by atoms with van der Waals surface area (Å²) >= 11 is 0. The number of ether oxygens (including phenoxy) is 1. The monoisotopic (exact) mass is 793 g/mol. The van der Waals surface area contributed by atoms with Crippen molar-refractivity contribution in [2.45, 2.75) is 5.41 Å². The lowest BCUT2D eigenvalue weighted by Gasteiger charge is -2.40. The lowest BCUT2D eigenvalue weighted by atomic mass is 9.65. The van der Waals surface area contributed by atoms with Crippen LogP contribution in [0.15, 0.2) is 212 Å². The van der Waals surface area contributed by atoms with Crippen molar-refractivity contribution < 1.29 is 4.74 Å². The summed E-state index contributed by atoms with van der Waals surface area (Å²) in [4.78, 5) is 26.0. The average Bonchev–Trinajstić information content (AvgIpc) is 3.65. The fourth-order valence-electron chi connectivity index (χ4n) is 9.31. The van der Waals surface area contributed by atoms with Crippen LogP contribution < -0.4 is 4.74 Å². The fourth-order valence-corrected chi connectivity index (χ4v) is 9.31. The van der Waals surface area contributed by atoms with Crippen molar-refractivity contribution in [3.8, 4) is 90.7 Å². The van der Waals surface area contributed by atoms with Crippen LogP contribution in [-0.2, 0) is 5.41 Å². The van der Waals surface area contributed by atoms with E-state index in [2.05, 4.69) is 103 Å². The predicted octanol–water partition coefficient (Wildman–Crippen LogP) is 13.1. The maximum Gasteiger partial charge on any atom is 0.164 e. The van der Waals surface area contributed by atoms with Crippen molar-refractivity contribution in [1.29, 1.82) is 0 Å². The first-order chi connectivity index (χ1) is 30.7. The third-order valence-electron chi connectivity index (χ3n) is 12.0. The molecule has 0 N–H and O–H groups in total. The maximum atomic E-state index is 6.74. The van der Waals surface area contributed by atoms with Gasteiger partial charge in [0.1, 0.15) is 11.5 Å². The number of benzene rings is 8. The van der Waals surface area contributed by atoms with E-state index >= 15 is 0 Å². The molecule has 1 aliphatic heterocycles. The number of aromatic nitrogens is 5. The lowest BCUT2D eigenvalue weighted by Crippen LogP contribution is -2.32. The standard InChI is InChI=1S/C56H35N5O/c1-5-18-36(19-6-1)47-35-48(58-52(57-47)37-20-7-2-8-21-37)40-32-33-44-43(34-40)41-26-17-27-42(51(41)56(44)45-28-13-15-30-49(45)62-50-31-16-14-29-46(50)56)55-60-53(38-22-9-3-10-23-38)59-54(61-55)39-24-11-4-12-25-39/h1-35H. The van der Waals surface area contributed by atoms with E-state index in [0.717, 1.165) is 89.6 Å². The summed E-state index contributed by atoms with van der Waals surface area (Å²) in [6, 6.07) is 73.1. The zero-order valence-electron chi connectivity index (χ0n) is 33.4. The molecule has 3 heterocycles. The molecule has 10 aromatic rings. The summed E-state index contributed by atoms with van der Waals surface area (Å²) in [6.07, 6.45) is 0. The molecule has 290 valence electrons. The van der Waals surface area contributed by atoms with E-state index in [1.807, 2.05) is 109 Å². The van der Waals surface area contributed by atoms with E-state index in [1.165, 1.54) is 0 Å². The molecular weight excluding hydrogens is 759 g/mol. The molecule has 0 unspecified atom stereocenters. The van der Waals surface area contributed by atoms with Crippen LogP contribution >= 0.6 is 0 Å². The van der Waals surface area contributed by atoms with Gasteiger partial charge in [0, 0.05) is 44.5 Å². The topological polar surface area (TPSA) is 73.7 Å². The van der Waals surface area contributed by atoms with Gasteiger partial charge in [0.2, 0.25) is 0 Å². The number of hydrogen-bond donors (Lipinski definition) is 0. The Kier molecular flexibility index (Phi) is 8.28. The van der Waals surface area contributed by atoms with Crippen LogP contribution in [0.5, 0.6) is 11.5 Å². The third kappa shape index (κ3) is 5.69. The summed E-state index contributed by atoms with van der Waals surface area (Å²) < 4.78 is 6.74. The minimum Gasteiger partial charge on any atom is -0.457 e. The lowest BCUT2D eigenvalue weighted by molar-refractivity contribution is 0.436. The Bertz CT molecular complexity index is 3160. The quantitative estimate of drug-likeness (QED) is 0.167. The summed E-state index contributed by atoms with van der Waals surface area (Å²) in [5, 5.41) is 0. The van der Waals surface area contributed by atoms with Crippen molar-refractivity contribution in [3.63, 3.8) is 0 Å². The van der Waals surface area contributed by atoms with Gasteiger partial charge in [-0.05, 0) is 46.5 Å². The average molecular weight is 794 g/mol. The van der Waals surface area contributed by atoms with Crippen LogP contribution in [-0.4, -0.2) is 24.9 Å². The normalized spacial score (nSPS) is 12.8. The molecule has 12 rings (SSSR count). The minimum absolute atomic E-state index is 0.597. The first kappa shape index (κ1) is 35.6. The largest absolute Gasteiger partial charge is 0.457 e. The van der Waals surface area contributed by atoms with Gasteiger partial charge in [-0.3, -0.25) is 0 Å². The van der Waals surface area contributed by atoms with Crippen LogP contribution in [0, 0.1) is 0 Å². The Hall–Kier alpha value is -8.35. The highest BCUT2D eigenvalue weighted by Crippen LogP contribution is 2.64. The second kappa shape index (κ2) is 14.4. The Labute approximate surface area is 359 Å². The van der Waals surface area contributed by atoms with Gasteiger partial charge in [-0.1, -0.05) is 188 Å². The zero-order chi connectivity index (χ0) is 41.0. The second-order valence-electron chi connectivity index (χ2n) is 15.6. The van der Waals surface area contributed by atoms with Gasteiger partial charge in [-0.25, -0.2) is 24.9 Å². The number of nitrogens with zero attached hydrogens (tertiary/aromatic N) is 5. The highest BCUT2D eigenvalue weighted by atomic mass is 16.5. The molecule has 2 aliphatic rings. The second-order valence-corrected chi connectivity index (χ2v) is 15.6. The SMILES string of the molecule is c1ccc(-c2cc(-c3ccc4c(c3)-c3cccc(-c5nc(-c6ccccc6)nc(-c6ccccc6)n5)c3C43c4ccccc4Oc4ccccc43)nc(-c3ccccc3)n2)cc1. The molecule has 62 heavy (non-hydrogen) atoms. The molecule has 0 saturated carbocycles. The number of hydrogen-bond acceptors (Lipinski definition) is 6. The molecule has 6 heteroatoms. The first-order valence-electron chi connectivity index (χ1n) is 20.8. The molecule has 2 aromatic heterocycles. The van der Waals surface area contributed by atoms with E-state index in [-0.39, 0.29) is 0 Å². The molecule has 0 radical (unpaired) electrons. The van der Waals surface area contributed by atoms with Crippen LogP contribution in [0.3, 0.4) is 0 Å². The van der Waals surface area contributed by atoms with E-state index in [9.17, 15) is 0 Å². The van der Waals surface area contributed by atoms with Crippen LogP contribution in [0.25, 0.3) is 79.2 Å². The molecule has 8 aromatic carbocycles. The van der Waals surface area contributed by atoms with Crippen LogP contribution in [0.1, 0.15) is 22.3 Å². The fraction of sp³-hybridized carbons (Fsp3) is 0.0179. The Balaban J connectivity index is 1.15. The van der Waals surface area contributed by atoms with Gasteiger partial charge in [-0.15, -0.1) is 0 Å². The highest BCUT2D eigenvalue weighted by Gasteiger charge is 2.52. The predicted molar refractivity (Wildman–Crippen MR) is 245 cm³/mol. The molecule has 0 bridgehead atoms. The van der Waals surface area contributed by atoms with Crippen LogP contribution in [0.4, 0.5) is 0 Å². The van der Waals surface area contributed by atoms with Crippen molar-refractivity contribution in [2.75, 3.05) is 0 Å². The van der Waals surface area contributed by atoms with Crippen molar-refractivity contribution >= 4 is 0 Å². The van der Waals surface area contributed by atoms with E-state index in [1.54, 1.807) is 0 Å². The Morgan fingerprint density at radius 3 is 1.31 bits per heavy atom. The highest BCUT2D eigenvalue weighted by molar-refractivity contribution is 5.95. The molecule has 6 nitrogen and oxygen atoms in total. The van der Waals surface area contributed by atoms with Crippen molar-refractivity contribution in [3.05, 3.63) is 235 Å². The Morgan fingerprint density at radius 2 is 0.742 bits per heavy atom. The molecule has 0 saturated heterocycles. The van der Waals surface area contributed by atoms with Gasteiger partial charge in [0.15, 0.2) is 23.3 Å². The van der Waals surface area contributed by atoms with Gasteiger partial charge in [0.05, 0.1) is 16.8 Å². The Morgan fingerprint density at radius 1 is 0.290 bits per heavy atom. The number of rotatable bonds is 6. The van der Waals surface area contributed by atoms with Crippen molar-refractivity contribution in [1.82, 2.24) is 24.9 Å². The first-order valence-corrected chi connectivity index (χ1v) is 20.8. The molecule has 0 atom stereocenters. The molecular formula is C56H35N5O. The molecule has 1 aliphatic carbocycles. The van der Waals surface area contributed by atoms with Gasteiger partial charge in [0.25, 0.3) is 0 Å². The zero-order valence-corrected chi connectivity index (χ0v) is 33.4. The minimum atomic E-state index is -0.784. The third-order valence-corrected chi connectivity index (χ3v) is 12.0. The summed E-state index contributed by atoms with van der Waals surface area (Å²) in [5.74, 6) is 4.11. The summed E-state index contributed by atoms with van der Waals surface area (Å²) in [7, 11) is 0. The molecule has 1 spiro atoms. The van der Waals surface area contributed by atoms with Crippen LogP contribution in [0.2, 0.25) is 0 Å². The van der Waals surface area contributed by atoms with Gasteiger partial charge < -0.3 is 4.74 Å². The van der Waals surface area contributed by atoms with E-state index < -0.39 is 5.41 Å². The van der Waals surface area contributed by atoms with Gasteiger partial charge >= 0.3 is 0 Å². The molecule has 0 amide bonds. The smallest absolute Gasteiger partial charge is 0.164 e. The summed E-state index contributed by atoms with van der Waals surface area (Å²) in [5.41, 5.74) is 13.2. The summed E-state index contributed by atoms with van der Waals surface area (Å²) in [6.45, 7) is 0. The van der Waals surface area contributed by atoms with Crippen molar-refractivity contribution in [2.24, 2.45) is 0 Å². The number of fused-ring (bicyclic) bond motifs is 9. The molecule has 0 fully saturated rings. The van der Waals surface area contributed by atoms with E-state index in [0.29, 0.717) is 23.3 Å². The maximum absolute atomic E-state index is 6.74. The number of para-hydroxylation sites is 2. The van der Waals surface area contributed by atoms with Gasteiger partial charge in [-0.2, -0.15) is 0 Å².